The van der Waals surface area contributed by atoms with Crippen molar-refractivity contribution in [1.82, 2.24) is 0 Å². The van der Waals surface area contributed by atoms with Crippen molar-refractivity contribution in [3.05, 3.63) is 29.8 Å². The Morgan fingerprint density at radius 1 is 1.46 bits per heavy atom. The Morgan fingerprint density at radius 2 is 2.23 bits per heavy atom. The molecule has 0 radical (unpaired) electrons. The lowest BCUT2D eigenvalue weighted by Crippen LogP contribution is -2.05. The van der Waals surface area contributed by atoms with Gasteiger partial charge in [0.05, 0.1) is 0 Å². The molecule has 3 nitrogen and oxygen atoms in total. The SMILES string of the molecule is COCOc1cccc(C(C)N)c1. The van der Waals surface area contributed by atoms with Crippen LogP contribution in [0.1, 0.15) is 18.5 Å². The van der Waals surface area contributed by atoms with Crippen molar-refractivity contribution < 1.29 is 9.47 Å². The van der Waals surface area contributed by atoms with E-state index in [-0.39, 0.29) is 12.8 Å². The van der Waals surface area contributed by atoms with E-state index in [1.54, 1.807) is 7.11 Å². The number of hydrogen-bond donors (Lipinski definition) is 1. The second-order valence-electron chi connectivity index (χ2n) is 2.91. The van der Waals surface area contributed by atoms with Crippen molar-refractivity contribution in [3.8, 4) is 5.75 Å². The number of nitrogens with two attached hydrogens (primary N) is 1. The van der Waals surface area contributed by atoms with Crippen LogP contribution in [0.3, 0.4) is 0 Å². The lowest BCUT2D eigenvalue weighted by atomic mass is 10.1. The average Bonchev–Trinajstić information content (AvgIpc) is 2.15. The van der Waals surface area contributed by atoms with E-state index in [4.69, 9.17) is 15.2 Å². The standard InChI is InChI=1S/C10H15NO2/c1-8(11)9-4-3-5-10(6-9)13-7-12-2/h3-6,8H,7,11H2,1-2H3. The van der Waals surface area contributed by atoms with Crippen LogP contribution < -0.4 is 10.5 Å². The molecule has 13 heavy (non-hydrogen) atoms. The fourth-order valence-corrected chi connectivity index (χ4v) is 1.01. The number of rotatable bonds is 4. The maximum absolute atomic E-state index is 5.72. The molecule has 0 bridgehead atoms. The van der Waals surface area contributed by atoms with Crippen molar-refractivity contribution in [2.45, 2.75) is 13.0 Å². The van der Waals surface area contributed by atoms with Gasteiger partial charge in [0.2, 0.25) is 0 Å². The van der Waals surface area contributed by atoms with Gasteiger partial charge in [0.15, 0.2) is 6.79 Å². The zero-order chi connectivity index (χ0) is 9.68. The molecule has 0 aliphatic carbocycles. The summed E-state index contributed by atoms with van der Waals surface area (Å²) in [4.78, 5) is 0. The molecule has 1 rings (SSSR count). The van der Waals surface area contributed by atoms with E-state index in [1.807, 2.05) is 31.2 Å². The highest BCUT2D eigenvalue weighted by Gasteiger charge is 2.00. The molecule has 0 amide bonds. The van der Waals surface area contributed by atoms with Crippen LogP contribution >= 0.6 is 0 Å². The molecule has 3 heteroatoms. The molecule has 0 aromatic heterocycles. The van der Waals surface area contributed by atoms with Crippen LogP contribution in [0, 0.1) is 0 Å². The molecule has 0 heterocycles. The third-order valence-corrected chi connectivity index (χ3v) is 1.73. The fourth-order valence-electron chi connectivity index (χ4n) is 1.01. The van der Waals surface area contributed by atoms with Crippen molar-refractivity contribution in [3.63, 3.8) is 0 Å². The van der Waals surface area contributed by atoms with Gasteiger partial charge >= 0.3 is 0 Å². The van der Waals surface area contributed by atoms with Crippen LogP contribution in [-0.2, 0) is 4.74 Å². The van der Waals surface area contributed by atoms with Crippen LogP contribution in [0.4, 0.5) is 0 Å². The minimum Gasteiger partial charge on any atom is -0.468 e. The maximum atomic E-state index is 5.72. The Balaban J connectivity index is 2.68. The van der Waals surface area contributed by atoms with Gasteiger partial charge in [-0.1, -0.05) is 12.1 Å². The highest BCUT2D eigenvalue weighted by atomic mass is 16.7. The molecule has 2 N–H and O–H groups in total. The summed E-state index contributed by atoms with van der Waals surface area (Å²) < 4.78 is 10.1. The van der Waals surface area contributed by atoms with E-state index in [9.17, 15) is 0 Å². The first-order chi connectivity index (χ1) is 6.24. The first-order valence-electron chi connectivity index (χ1n) is 4.21. The second-order valence-corrected chi connectivity index (χ2v) is 2.91. The van der Waals surface area contributed by atoms with Crippen LogP contribution in [0.5, 0.6) is 5.75 Å². The monoisotopic (exact) mass is 181 g/mol. The topological polar surface area (TPSA) is 44.5 Å². The summed E-state index contributed by atoms with van der Waals surface area (Å²) in [5.41, 5.74) is 6.79. The van der Waals surface area contributed by atoms with Crippen molar-refractivity contribution in [2.75, 3.05) is 13.9 Å². The second kappa shape index (κ2) is 4.84. The highest BCUT2D eigenvalue weighted by molar-refractivity contribution is 5.29. The first-order valence-corrected chi connectivity index (χ1v) is 4.21. The predicted octanol–water partition coefficient (Wildman–Crippen LogP) is 1.69. The van der Waals surface area contributed by atoms with E-state index in [2.05, 4.69) is 0 Å². The van der Waals surface area contributed by atoms with Gasteiger partial charge in [0.1, 0.15) is 5.75 Å². The predicted molar refractivity (Wildman–Crippen MR) is 51.5 cm³/mol. The number of methoxy groups -OCH3 is 1. The van der Waals surface area contributed by atoms with Crippen LogP contribution in [-0.4, -0.2) is 13.9 Å². The molecule has 0 aliphatic heterocycles. The van der Waals surface area contributed by atoms with Gasteiger partial charge in [0.25, 0.3) is 0 Å². The molecule has 0 saturated heterocycles. The molecule has 0 spiro atoms. The quantitative estimate of drug-likeness (QED) is 0.719. The Morgan fingerprint density at radius 3 is 2.85 bits per heavy atom. The number of benzene rings is 1. The number of ether oxygens (including phenoxy) is 2. The van der Waals surface area contributed by atoms with Gasteiger partial charge in [-0.3, -0.25) is 0 Å². The lowest BCUT2D eigenvalue weighted by molar-refractivity contribution is 0.0510. The Kier molecular flexibility index (Phi) is 3.73. The minimum absolute atomic E-state index is 0.0334. The lowest BCUT2D eigenvalue weighted by Gasteiger charge is -2.08. The van der Waals surface area contributed by atoms with Crippen molar-refractivity contribution >= 4 is 0 Å². The summed E-state index contributed by atoms with van der Waals surface area (Å²) in [5, 5.41) is 0. The first kappa shape index (κ1) is 10.0. The van der Waals surface area contributed by atoms with Gasteiger partial charge in [-0.2, -0.15) is 0 Å². The smallest absolute Gasteiger partial charge is 0.188 e. The highest BCUT2D eigenvalue weighted by Crippen LogP contribution is 2.17. The normalized spacial score (nSPS) is 12.5. The molecule has 1 atom stereocenters. The van der Waals surface area contributed by atoms with Crippen LogP contribution in [0.15, 0.2) is 24.3 Å². The Bertz CT molecular complexity index is 261. The molecule has 0 aliphatic rings. The molecule has 1 aromatic carbocycles. The van der Waals surface area contributed by atoms with Gasteiger partial charge in [0, 0.05) is 13.2 Å². The summed E-state index contributed by atoms with van der Waals surface area (Å²) in [7, 11) is 1.59. The largest absolute Gasteiger partial charge is 0.468 e. The summed E-state index contributed by atoms with van der Waals surface area (Å²) in [6.07, 6.45) is 0. The fraction of sp³-hybridized carbons (Fsp3) is 0.400. The Labute approximate surface area is 78.5 Å². The zero-order valence-electron chi connectivity index (χ0n) is 7.99. The molecule has 1 aromatic rings. The van der Waals surface area contributed by atoms with E-state index in [0.29, 0.717) is 0 Å². The molecular weight excluding hydrogens is 166 g/mol. The third kappa shape index (κ3) is 3.05. The van der Waals surface area contributed by atoms with Gasteiger partial charge < -0.3 is 15.2 Å². The van der Waals surface area contributed by atoms with Crippen molar-refractivity contribution in [1.29, 1.82) is 0 Å². The Hall–Kier alpha value is -1.06. The molecule has 1 unspecified atom stereocenters. The summed E-state index contributed by atoms with van der Waals surface area (Å²) in [5.74, 6) is 0.789. The van der Waals surface area contributed by atoms with E-state index in [0.717, 1.165) is 11.3 Å². The van der Waals surface area contributed by atoms with Crippen molar-refractivity contribution in [2.24, 2.45) is 5.73 Å². The molecular formula is C10H15NO2. The number of hydrogen-bond acceptors (Lipinski definition) is 3. The molecule has 0 fully saturated rings. The van der Waals surface area contributed by atoms with Gasteiger partial charge in [-0.05, 0) is 24.6 Å². The summed E-state index contributed by atoms with van der Waals surface area (Å²) >= 11 is 0. The third-order valence-electron chi connectivity index (χ3n) is 1.73. The zero-order valence-corrected chi connectivity index (χ0v) is 7.99. The van der Waals surface area contributed by atoms with Gasteiger partial charge in [-0.15, -0.1) is 0 Å². The van der Waals surface area contributed by atoms with E-state index in [1.165, 1.54) is 0 Å². The van der Waals surface area contributed by atoms with Gasteiger partial charge in [-0.25, -0.2) is 0 Å². The maximum Gasteiger partial charge on any atom is 0.188 e. The van der Waals surface area contributed by atoms with E-state index >= 15 is 0 Å². The molecule has 0 saturated carbocycles. The van der Waals surface area contributed by atoms with Crippen LogP contribution in [0.25, 0.3) is 0 Å². The molecule has 72 valence electrons. The average molecular weight is 181 g/mol. The van der Waals surface area contributed by atoms with Crippen LogP contribution in [0.2, 0.25) is 0 Å². The summed E-state index contributed by atoms with van der Waals surface area (Å²) in [6.45, 7) is 2.21. The van der Waals surface area contributed by atoms with E-state index < -0.39 is 0 Å². The summed E-state index contributed by atoms with van der Waals surface area (Å²) in [6, 6.07) is 7.73. The minimum atomic E-state index is 0.0334.